The van der Waals surface area contributed by atoms with Crippen LogP contribution in [0.15, 0.2) is 47.4 Å². The fraction of sp³-hybridized carbons (Fsp3) is 0.350. The molecule has 1 N–H and O–H groups in total. The summed E-state index contributed by atoms with van der Waals surface area (Å²) in [7, 11) is -2.34. The highest BCUT2D eigenvalue weighted by atomic mass is 32.2. The predicted octanol–water partition coefficient (Wildman–Crippen LogP) is 3.11. The quantitative estimate of drug-likeness (QED) is 0.628. The second-order valence-electron chi connectivity index (χ2n) is 6.50. The first-order valence-electron chi connectivity index (χ1n) is 8.83. The van der Waals surface area contributed by atoms with Gasteiger partial charge >= 0.3 is 0 Å². The highest BCUT2D eigenvalue weighted by Crippen LogP contribution is 2.18. The number of amides is 1. The van der Waals surface area contributed by atoms with Crippen molar-refractivity contribution in [3.05, 3.63) is 65.0 Å². The normalized spacial score (nSPS) is 11.6. The van der Waals surface area contributed by atoms with E-state index in [1.54, 1.807) is 36.4 Å². The minimum atomic E-state index is -3.72. The third-order valence-electron chi connectivity index (χ3n) is 4.34. The highest BCUT2D eigenvalue weighted by molar-refractivity contribution is 7.98. The van der Waals surface area contributed by atoms with Crippen LogP contribution in [0.4, 0.5) is 4.39 Å². The van der Waals surface area contributed by atoms with E-state index >= 15 is 0 Å². The standard InChI is InChI=1S/C20H25FN2O3S2/c1-15-8-9-18(12-16(15)2)28(25,26)23(3)13-20(24)22-10-11-27-14-17-6-4-5-7-19(17)21/h4-9,12H,10-11,13-14H2,1-3H3,(H,22,24). The number of nitrogens with one attached hydrogen (secondary N) is 1. The molecule has 8 heteroatoms. The van der Waals surface area contributed by atoms with E-state index in [2.05, 4.69) is 5.32 Å². The Kier molecular flexibility index (Phi) is 8.03. The predicted molar refractivity (Wildman–Crippen MR) is 111 cm³/mol. The molecule has 0 aliphatic heterocycles. The van der Waals surface area contributed by atoms with Gasteiger partial charge in [0.05, 0.1) is 11.4 Å². The summed E-state index contributed by atoms with van der Waals surface area (Å²) >= 11 is 1.50. The molecule has 0 aromatic heterocycles. The lowest BCUT2D eigenvalue weighted by Crippen LogP contribution is -2.39. The molecular weight excluding hydrogens is 399 g/mol. The lowest BCUT2D eigenvalue weighted by molar-refractivity contribution is -0.121. The van der Waals surface area contributed by atoms with E-state index in [1.165, 1.54) is 24.9 Å². The Balaban J connectivity index is 1.78. The molecule has 0 radical (unpaired) electrons. The van der Waals surface area contributed by atoms with E-state index in [0.29, 0.717) is 23.6 Å². The molecule has 2 aromatic rings. The van der Waals surface area contributed by atoms with Crippen molar-refractivity contribution in [3.8, 4) is 0 Å². The van der Waals surface area contributed by atoms with E-state index in [9.17, 15) is 17.6 Å². The van der Waals surface area contributed by atoms with Crippen LogP contribution in [-0.4, -0.2) is 44.5 Å². The zero-order chi connectivity index (χ0) is 20.7. The molecule has 0 spiro atoms. The zero-order valence-electron chi connectivity index (χ0n) is 16.2. The number of hydrogen-bond donors (Lipinski definition) is 1. The number of carbonyl (C=O) groups excluding carboxylic acids is 1. The molecule has 1 amide bonds. The van der Waals surface area contributed by atoms with Crippen LogP contribution in [-0.2, 0) is 20.6 Å². The number of thioether (sulfide) groups is 1. The summed E-state index contributed by atoms with van der Waals surface area (Å²) in [4.78, 5) is 12.2. The minimum Gasteiger partial charge on any atom is -0.354 e. The van der Waals surface area contributed by atoms with Gasteiger partial charge in [-0.2, -0.15) is 16.1 Å². The molecule has 0 saturated carbocycles. The van der Waals surface area contributed by atoms with Crippen LogP contribution in [0.3, 0.4) is 0 Å². The summed E-state index contributed by atoms with van der Waals surface area (Å²) in [6.07, 6.45) is 0. The van der Waals surface area contributed by atoms with Crippen LogP contribution in [0.25, 0.3) is 0 Å². The van der Waals surface area contributed by atoms with Gasteiger partial charge in [0.2, 0.25) is 15.9 Å². The van der Waals surface area contributed by atoms with Crippen molar-refractivity contribution in [2.45, 2.75) is 24.5 Å². The van der Waals surface area contributed by atoms with E-state index in [-0.39, 0.29) is 23.2 Å². The molecule has 2 aromatic carbocycles. The first-order valence-corrected chi connectivity index (χ1v) is 11.4. The Morgan fingerprint density at radius 3 is 2.54 bits per heavy atom. The lowest BCUT2D eigenvalue weighted by Gasteiger charge is -2.17. The van der Waals surface area contributed by atoms with Crippen molar-refractivity contribution < 1.29 is 17.6 Å². The van der Waals surface area contributed by atoms with E-state index in [4.69, 9.17) is 0 Å². The molecule has 2 rings (SSSR count). The maximum Gasteiger partial charge on any atom is 0.243 e. The summed E-state index contributed by atoms with van der Waals surface area (Å²) in [5.41, 5.74) is 2.51. The van der Waals surface area contributed by atoms with Gasteiger partial charge in [0.15, 0.2) is 0 Å². The van der Waals surface area contributed by atoms with Gasteiger partial charge in [0.25, 0.3) is 0 Å². The van der Waals surface area contributed by atoms with Gasteiger partial charge in [-0.15, -0.1) is 0 Å². The summed E-state index contributed by atoms with van der Waals surface area (Å²) in [6.45, 7) is 3.88. The summed E-state index contributed by atoms with van der Waals surface area (Å²) < 4.78 is 39.8. The second kappa shape index (κ2) is 10.0. The molecular formula is C20H25FN2O3S2. The van der Waals surface area contributed by atoms with Gasteiger partial charge in [-0.05, 0) is 48.7 Å². The molecule has 0 fully saturated rings. The Morgan fingerprint density at radius 1 is 1.14 bits per heavy atom. The first kappa shape index (κ1) is 22.4. The topological polar surface area (TPSA) is 66.5 Å². The Bertz CT molecular complexity index is 933. The molecule has 28 heavy (non-hydrogen) atoms. The van der Waals surface area contributed by atoms with Crippen LogP contribution >= 0.6 is 11.8 Å². The molecule has 0 aliphatic rings. The SMILES string of the molecule is Cc1ccc(S(=O)(=O)N(C)CC(=O)NCCSCc2ccccc2F)cc1C. The molecule has 152 valence electrons. The van der Waals surface area contributed by atoms with Crippen LogP contribution in [0.2, 0.25) is 0 Å². The molecule has 0 unspecified atom stereocenters. The molecule has 5 nitrogen and oxygen atoms in total. The summed E-state index contributed by atoms with van der Waals surface area (Å²) in [6, 6.07) is 11.5. The number of sulfonamides is 1. The van der Waals surface area contributed by atoms with Crippen LogP contribution in [0.1, 0.15) is 16.7 Å². The monoisotopic (exact) mass is 424 g/mol. The highest BCUT2D eigenvalue weighted by Gasteiger charge is 2.23. The summed E-state index contributed by atoms with van der Waals surface area (Å²) in [5, 5.41) is 2.70. The number of benzene rings is 2. The first-order chi connectivity index (χ1) is 13.2. The van der Waals surface area contributed by atoms with Gasteiger partial charge in [0, 0.05) is 25.1 Å². The van der Waals surface area contributed by atoms with Gasteiger partial charge in [-0.25, -0.2) is 12.8 Å². The fourth-order valence-corrected chi connectivity index (χ4v) is 4.52. The average molecular weight is 425 g/mol. The maximum absolute atomic E-state index is 13.5. The molecule has 0 aliphatic carbocycles. The van der Waals surface area contributed by atoms with Crippen molar-refractivity contribution in [1.29, 1.82) is 0 Å². The van der Waals surface area contributed by atoms with Crippen LogP contribution in [0, 0.1) is 19.7 Å². The van der Waals surface area contributed by atoms with Crippen molar-refractivity contribution in [2.75, 3.05) is 25.9 Å². The minimum absolute atomic E-state index is 0.173. The number of carbonyl (C=O) groups is 1. The van der Waals surface area contributed by atoms with E-state index in [1.807, 2.05) is 13.8 Å². The Morgan fingerprint density at radius 2 is 1.86 bits per heavy atom. The second-order valence-corrected chi connectivity index (χ2v) is 9.65. The van der Waals surface area contributed by atoms with Gasteiger partial charge in [-0.1, -0.05) is 24.3 Å². The number of rotatable bonds is 9. The smallest absolute Gasteiger partial charge is 0.243 e. The number of aryl methyl sites for hydroxylation is 2. The van der Waals surface area contributed by atoms with Gasteiger partial charge < -0.3 is 5.32 Å². The summed E-state index contributed by atoms with van der Waals surface area (Å²) in [5.74, 6) is 0.510. The van der Waals surface area contributed by atoms with Crippen LogP contribution in [0.5, 0.6) is 0 Å². The third-order valence-corrected chi connectivity index (χ3v) is 7.14. The Hall–Kier alpha value is -1.90. The van der Waals surface area contributed by atoms with E-state index < -0.39 is 10.0 Å². The van der Waals surface area contributed by atoms with Crippen molar-refractivity contribution >= 4 is 27.7 Å². The lowest BCUT2D eigenvalue weighted by atomic mass is 10.1. The van der Waals surface area contributed by atoms with Crippen molar-refractivity contribution in [1.82, 2.24) is 9.62 Å². The maximum atomic E-state index is 13.5. The zero-order valence-corrected chi connectivity index (χ0v) is 17.9. The van der Waals surface area contributed by atoms with Crippen molar-refractivity contribution in [3.63, 3.8) is 0 Å². The number of nitrogens with zero attached hydrogens (tertiary/aromatic N) is 1. The van der Waals surface area contributed by atoms with Crippen molar-refractivity contribution in [2.24, 2.45) is 0 Å². The van der Waals surface area contributed by atoms with Gasteiger partial charge in [-0.3, -0.25) is 4.79 Å². The third kappa shape index (κ3) is 6.05. The number of halogens is 1. The number of likely N-dealkylation sites (N-methyl/N-ethyl adjacent to an activating group) is 1. The van der Waals surface area contributed by atoms with E-state index in [0.717, 1.165) is 15.4 Å². The molecule has 0 bridgehead atoms. The number of hydrogen-bond acceptors (Lipinski definition) is 4. The average Bonchev–Trinajstić information content (AvgIpc) is 2.65. The Labute approximate surface area is 170 Å². The van der Waals surface area contributed by atoms with Gasteiger partial charge in [0.1, 0.15) is 5.82 Å². The molecule has 0 heterocycles. The van der Waals surface area contributed by atoms with Crippen LogP contribution < -0.4 is 5.32 Å². The largest absolute Gasteiger partial charge is 0.354 e. The molecule has 0 saturated heterocycles. The fourth-order valence-electron chi connectivity index (χ4n) is 2.46. The molecule has 0 atom stereocenters.